The topological polar surface area (TPSA) is 73.3 Å². The zero-order valence-electron chi connectivity index (χ0n) is 12.7. The SMILES string of the molecule is N#CCN1CCC(c2nc(CO)c(-c3ccc(F)cc3)o2)CC1. The summed E-state index contributed by atoms with van der Waals surface area (Å²) in [5.74, 6) is 0.986. The molecule has 1 aliphatic heterocycles. The summed E-state index contributed by atoms with van der Waals surface area (Å²) < 4.78 is 18.9. The van der Waals surface area contributed by atoms with Crippen molar-refractivity contribution in [1.82, 2.24) is 9.88 Å². The van der Waals surface area contributed by atoms with Gasteiger partial charge in [0.1, 0.15) is 11.5 Å². The molecule has 120 valence electrons. The van der Waals surface area contributed by atoms with E-state index in [0.29, 0.717) is 29.5 Å². The molecule has 23 heavy (non-hydrogen) atoms. The van der Waals surface area contributed by atoms with E-state index in [2.05, 4.69) is 16.0 Å². The summed E-state index contributed by atoms with van der Waals surface area (Å²) in [6.07, 6.45) is 1.74. The highest BCUT2D eigenvalue weighted by molar-refractivity contribution is 5.59. The highest BCUT2D eigenvalue weighted by Crippen LogP contribution is 2.33. The van der Waals surface area contributed by atoms with Gasteiger partial charge in [0.15, 0.2) is 11.7 Å². The maximum Gasteiger partial charge on any atom is 0.198 e. The van der Waals surface area contributed by atoms with Crippen molar-refractivity contribution in [1.29, 1.82) is 5.26 Å². The predicted molar refractivity (Wildman–Crippen MR) is 81.8 cm³/mol. The third-order valence-electron chi connectivity index (χ3n) is 4.20. The summed E-state index contributed by atoms with van der Waals surface area (Å²) in [5.41, 5.74) is 1.18. The van der Waals surface area contributed by atoms with Crippen LogP contribution < -0.4 is 0 Å². The Bertz CT molecular complexity index is 698. The molecule has 0 radical (unpaired) electrons. The fourth-order valence-electron chi connectivity index (χ4n) is 2.92. The molecule has 0 atom stereocenters. The number of hydrogen-bond donors (Lipinski definition) is 1. The van der Waals surface area contributed by atoms with Crippen LogP contribution in [0.25, 0.3) is 11.3 Å². The van der Waals surface area contributed by atoms with Crippen LogP contribution in [0.1, 0.15) is 30.3 Å². The lowest BCUT2D eigenvalue weighted by Gasteiger charge is -2.28. The highest BCUT2D eigenvalue weighted by atomic mass is 19.1. The Balaban J connectivity index is 1.80. The highest BCUT2D eigenvalue weighted by Gasteiger charge is 2.26. The number of nitriles is 1. The van der Waals surface area contributed by atoms with Crippen LogP contribution >= 0.6 is 0 Å². The zero-order chi connectivity index (χ0) is 16.2. The minimum atomic E-state index is -0.316. The summed E-state index contributed by atoms with van der Waals surface area (Å²) in [5, 5.41) is 18.3. The smallest absolute Gasteiger partial charge is 0.198 e. The predicted octanol–water partition coefficient (Wildman–Crippen LogP) is 2.68. The standard InChI is InChI=1S/C17H18FN3O2/c18-14-3-1-12(2-4-14)16-15(11-22)20-17(23-16)13-5-8-21(9-6-13)10-7-19/h1-4,13,22H,5-6,8-11H2. The van der Waals surface area contributed by atoms with Gasteiger partial charge in [-0.15, -0.1) is 0 Å². The van der Waals surface area contributed by atoms with Crippen LogP contribution in [0.5, 0.6) is 0 Å². The third kappa shape index (κ3) is 3.41. The van der Waals surface area contributed by atoms with E-state index in [-0.39, 0.29) is 18.3 Å². The first-order chi connectivity index (χ1) is 11.2. The minimum absolute atomic E-state index is 0.185. The van der Waals surface area contributed by atoms with E-state index in [9.17, 15) is 9.50 Å². The average molecular weight is 315 g/mol. The first-order valence-corrected chi connectivity index (χ1v) is 7.67. The number of likely N-dealkylation sites (tertiary alicyclic amines) is 1. The largest absolute Gasteiger partial charge is 0.440 e. The number of aliphatic hydroxyl groups is 1. The van der Waals surface area contributed by atoms with Crippen LogP contribution in [0.3, 0.4) is 0 Å². The molecule has 1 fully saturated rings. The van der Waals surface area contributed by atoms with Crippen molar-refractivity contribution in [2.24, 2.45) is 0 Å². The fourth-order valence-corrected chi connectivity index (χ4v) is 2.92. The summed E-state index contributed by atoms with van der Waals surface area (Å²) in [4.78, 5) is 6.53. The fraction of sp³-hybridized carbons (Fsp3) is 0.412. The molecule has 0 aliphatic carbocycles. The lowest BCUT2D eigenvalue weighted by atomic mass is 9.97. The lowest BCUT2D eigenvalue weighted by molar-refractivity contribution is 0.220. The first kappa shape index (κ1) is 15.7. The number of rotatable bonds is 4. The molecule has 0 unspecified atom stereocenters. The number of halogens is 1. The number of aliphatic hydroxyl groups excluding tert-OH is 1. The molecule has 1 aromatic heterocycles. The minimum Gasteiger partial charge on any atom is -0.440 e. The molecule has 0 amide bonds. The maximum atomic E-state index is 13.1. The van der Waals surface area contributed by atoms with Gasteiger partial charge in [-0.1, -0.05) is 0 Å². The molecule has 2 heterocycles. The monoisotopic (exact) mass is 315 g/mol. The van der Waals surface area contributed by atoms with Gasteiger partial charge in [0.25, 0.3) is 0 Å². The average Bonchev–Trinajstić information content (AvgIpc) is 3.01. The van der Waals surface area contributed by atoms with Crippen molar-refractivity contribution in [3.8, 4) is 17.4 Å². The van der Waals surface area contributed by atoms with E-state index in [1.165, 1.54) is 12.1 Å². The van der Waals surface area contributed by atoms with Gasteiger partial charge in [-0.3, -0.25) is 4.90 Å². The summed E-state index contributed by atoms with van der Waals surface area (Å²) in [6.45, 7) is 1.90. The second-order valence-corrected chi connectivity index (χ2v) is 5.70. The van der Waals surface area contributed by atoms with Crippen LogP contribution in [0.2, 0.25) is 0 Å². The Morgan fingerprint density at radius 3 is 2.61 bits per heavy atom. The number of oxazole rings is 1. The Morgan fingerprint density at radius 2 is 2.00 bits per heavy atom. The second-order valence-electron chi connectivity index (χ2n) is 5.70. The third-order valence-corrected chi connectivity index (χ3v) is 4.20. The molecule has 1 N–H and O–H groups in total. The van der Waals surface area contributed by atoms with Gasteiger partial charge < -0.3 is 9.52 Å². The Labute approximate surface area is 134 Å². The quantitative estimate of drug-likeness (QED) is 0.878. The molecular weight excluding hydrogens is 297 g/mol. The van der Waals surface area contributed by atoms with Crippen molar-refractivity contribution >= 4 is 0 Å². The maximum absolute atomic E-state index is 13.1. The molecule has 1 aliphatic rings. The molecular formula is C17H18FN3O2. The van der Waals surface area contributed by atoms with Crippen molar-refractivity contribution in [3.63, 3.8) is 0 Å². The lowest BCUT2D eigenvalue weighted by Crippen LogP contribution is -2.33. The van der Waals surface area contributed by atoms with Gasteiger partial charge in [-0.05, 0) is 50.2 Å². The van der Waals surface area contributed by atoms with E-state index >= 15 is 0 Å². The molecule has 0 bridgehead atoms. The van der Waals surface area contributed by atoms with Gasteiger partial charge in [-0.25, -0.2) is 9.37 Å². The van der Waals surface area contributed by atoms with E-state index in [1.54, 1.807) is 12.1 Å². The number of aromatic nitrogens is 1. The van der Waals surface area contributed by atoms with Crippen LogP contribution in [0.4, 0.5) is 4.39 Å². The van der Waals surface area contributed by atoms with Crippen LogP contribution in [-0.2, 0) is 6.61 Å². The summed E-state index contributed by atoms with van der Waals surface area (Å²) in [7, 11) is 0. The Kier molecular flexibility index (Phi) is 4.70. The van der Waals surface area contributed by atoms with Crippen molar-refractivity contribution < 1.29 is 13.9 Å². The van der Waals surface area contributed by atoms with Gasteiger partial charge >= 0.3 is 0 Å². The molecule has 1 aromatic carbocycles. The van der Waals surface area contributed by atoms with Gasteiger partial charge in [0.05, 0.1) is 19.2 Å². The van der Waals surface area contributed by atoms with Crippen LogP contribution in [-0.4, -0.2) is 34.6 Å². The van der Waals surface area contributed by atoms with Gasteiger partial charge in [0, 0.05) is 11.5 Å². The number of benzene rings is 1. The normalized spacial score (nSPS) is 16.4. The summed E-state index contributed by atoms with van der Waals surface area (Å²) >= 11 is 0. The van der Waals surface area contributed by atoms with Crippen LogP contribution in [0, 0.1) is 17.1 Å². The zero-order valence-corrected chi connectivity index (χ0v) is 12.7. The van der Waals surface area contributed by atoms with E-state index in [0.717, 1.165) is 25.9 Å². The Morgan fingerprint density at radius 1 is 1.30 bits per heavy atom. The first-order valence-electron chi connectivity index (χ1n) is 7.67. The van der Waals surface area contributed by atoms with Crippen LogP contribution in [0.15, 0.2) is 28.7 Å². The van der Waals surface area contributed by atoms with Crippen molar-refractivity contribution in [2.45, 2.75) is 25.4 Å². The number of nitrogens with zero attached hydrogens (tertiary/aromatic N) is 3. The molecule has 1 saturated heterocycles. The van der Waals surface area contributed by atoms with Crippen molar-refractivity contribution in [2.75, 3.05) is 19.6 Å². The molecule has 6 heteroatoms. The summed E-state index contributed by atoms with van der Waals surface area (Å²) in [6, 6.07) is 8.12. The molecule has 5 nitrogen and oxygen atoms in total. The van der Waals surface area contributed by atoms with E-state index in [1.807, 2.05) is 0 Å². The molecule has 2 aromatic rings. The molecule has 0 spiro atoms. The number of piperidine rings is 1. The second kappa shape index (κ2) is 6.90. The van der Waals surface area contributed by atoms with Gasteiger partial charge in [0.2, 0.25) is 0 Å². The molecule has 0 saturated carbocycles. The van der Waals surface area contributed by atoms with E-state index < -0.39 is 0 Å². The van der Waals surface area contributed by atoms with Gasteiger partial charge in [-0.2, -0.15) is 5.26 Å². The number of hydrogen-bond acceptors (Lipinski definition) is 5. The Hall–Kier alpha value is -2.23. The van der Waals surface area contributed by atoms with E-state index in [4.69, 9.17) is 9.68 Å². The van der Waals surface area contributed by atoms with Crippen molar-refractivity contribution in [3.05, 3.63) is 41.7 Å². The molecule has 3 rings (SSSR count).